The third-order valence-electron chi connectivity index (χ3n) is 5.95. The first-order chi connectivity index (χ1) is 12.2. The van der Waals surface area contributed by atoms with Gasteiger partial charge in [-0.2, -0.15) is 0 Å². The highest BCUT2D eigenvalue weighted by molar-refractivity contribution is 5.69. The Balaban J connectivity index is 1.48. The van der Waals surface area contributed by atoms with Gasteiger partial charge in [0.05, 0.1) is 13.2 Å². The van der Waals surface area contributed by atoms with Crippen LogP contribution >= 0.6 is 0 Å². The summed E-state index contributed by atoms with van der Waals surface area (Å²) in [6.07, 6.45) is 11.7. The minimum absolute atomic E-state index is 0.00324. The normalized spacial score (nSPS) is 36.4. The lowest BCUT2D eigenvalue weighted by Gasteiger charge is -2.28. The lowest BCUT2D eigenvalue weighted by Crippen LogP contribution is -2.32. The Kier molecular flexibility index (Phi) is 6.65. The van der Waals surface area contributed by atoms with Crippen molar-refractivity contribution in [2.45, 2.75) is 70.2 Å². The van der Waals surface area contributed by atoms with E-state index in [1.807, 2.05) is 0 Å². The Morgan fingerprint density at radius 1 is 1.32 bits per heavy atom. The second-order valence-electron chi connectivity index (χ2n) is 7.58. The molecule has 3 fully saturated rings. The van der Waals surface area contributed by atoms with Gasteiger partial charge in [0.15, 0.2) is 6.29 Å². The highest BCUT2D eigenvalue weighted by Crippen LogP contribution is 2.50. The first-order valence-corrected chi connectivity index (χ1v) is 9.68. The molecule has 1 saturated heterocycles. The molecule has 2 aliphatic carbocycles. The predicted molar refractivity (Wildman–Crippen MR) is 92.8 cm³/mol. The standard InChI is InChI=1S/C20H30O5/c1-23-19(22)7-3-2-6-14-10-15-12-18(17(13-21)16(15)11-14)25-20-8-4-5-9-24-20/h6,13,15-18,20H,2-5,7-12H2,1H3/b14-6+/t15-,16-,17+,18+,20?/m0/s1. The highest BCUT2D eigenvalue weighted by Gasteiger charge is 2.48. The van der Waals surface area contributed by atoms with Crippen LogP contribution in [-0.2, 0) is 23.8 Å². The number of hydrogen-bond donors (Lipinski definition) is 0. The number of unbranched alkanes of at least 4 members (excludes halogenated alkanes) is 1. The molecule has 1 unspecified atom stereocenters. The van der Waals surface area contributed by atoms with Crippen molar-refractivity contribution in [3.8, 4) is 0 Å². The van der Waals surface area contributed by atoms with Crippen LogP contribution in [-0.4, -0.2) is 38.4 Å². The van der Waals surface area contributed by atoms with Gasteiger partial charge in [-0.25, -0.2) is 0 Å². The van der Waals surface area contributed by atoms with Gasteiger partial charge in [0, 0.05) is 18.9 Å². The summed E-state index contributed by atoms with van der Waals surface area (Å²) < 4.78 is 16.5. The van der Waals surface area contributed by atoms with Crippen LogP contribution in [0.15, 0.2) is 11.6 Å². The molecular weight excluding hydrogens is 320 g/mol. The quantitative estimate of drug-likeness (QED) is 0.305. The van der Waals surface area contributed by atoms with E-state index >= 15 is 0 Å². The summed E-state index contributed by atoms with van der Waals surface area (Å²) >= 11 is 0. The lowest BCUT2D eigenvalue weighted by molar-refractivity contribution is -0.194. The summed E-state index contributed by atoms with van der Waals surface area (Å²) in [5.74, 6) is 0.817. The van der Waals surface area contributed by atoms with Gasteiger partial charge < -0.3 is 19.0 Å². The Morgan fingerprint density at radius 3 is 2.92 bits per heavy atom. The Morgan fingerprint density at radius 2 is 2.20 bits per heavy atom. The van der Waals surface area contributed by atoms with Gasteiger partial charge in [0.2, 0.25) is 0 Å². The first kappa shape index (κ1) is 18.6. The van der Waals surface area contributed by atoms with E-state index in [4.69, 9.17) is 9.47 Å². The van der Waals surface area contributed by atoms with E-state index in [0.29, 0.717) is 18.3 Å². The number of carbonyl (C=O) groups excluding carboxylic acids is 2. The molecule has 2 saturated carbocycles. The average molecular weight is 350 g/mol. The smallest absolute Gasteiger partial charge is 0.305 e. The van der Waals surface area contributed by atoms with Crippen LogP contribution in [0.5, 0.6) is 0 Å². The molecular formula is C20H30O5. The van der Waals surface area contributed by atoms with Crippen LogP contribution in [0.4, 0.5) is 0 Å². The number of carbonyl (C=O) groups is 2. The number of hydrogen-bond acceptors (Lipinski definition) is 5. The molecule has 5 heteroatoms. The summed E-state index contributed by atoms with van der Waals surface area (Å²) in [6.45, 7) is 0.772. The van der Waals surface area contributed by atoms with E-state index in [-0.39, 0.29) is 24.3 Å². The van der Waals surface area contributed by atoms with Crippen molar-refractivity contribution in [1.29, 1.82) is 0 Å². The van der Waals surface area contributed by atoms with Gasteiger partial charge in [-0.15, -0.1) is 0 Å². The SMILES string of the molecule is COC(=O)CCC/C=C1\C[C@H]2C[C@@H](OC3CCCCO3)[C@H](C=O)[C@H]2C1. The van der Waals surface area contributed by atoms with Gasteiger partial charge in [-0.1, -0.05) is 11.6 Å². The number of rotatable bonds is 7. The molecule has 3 rings (SSSR count). The van der Waals surface area contributed by atoms with Crippen molar-refractivity contribution < 1.29 is 23.8 Å². The van der Waals surface area contributed by atoms with Crippen LogP contribution < -0.4 is 0 Å². The molecule has 0 bridgehead atoms. The number of allylic oxidation sites excluding steroid dienone is 2. The molecule has 25 heavy (non-hydrogen) atoms. The minimum atomic E-state index is -0.146. The van der Waals surface area contributed by atoms with Gasteiger partial charge >= 0.3 is 5.97 Å². The minimum Gasteiger partial charge on any atom is -0.469 e. The fourth-order valence-corrected chi connectivity index (χ4v) is 4.65. The van der Waals surface area contributed by atoms with Crippen molar-refractivity contribution >= 4 is 12.3 Å². The maximum Gasteiger partial charge on any atom is 0.305 e. The Bertz CT molecular complexity index is 494. The molecule has 0 aromatic heterocycles. The molecule has 5 nitrogen and oxygen atoms in total. The van der Waals surface area contributed by atoms with Crippen molar-refractivity contribution in [2.75, 3.05) is 13.7 Å². The molecule has 1 heterocycles. The van der Waals surface area contributed by atoms with Crippen LogP contribution in [0.2, 0.25) is 0 Å². The molecule has 0 spiro atoms. The van der Waals surface area contributed by atoms with Crippen molar-refractivity contribution in [3.05, 3.63) is 11.6 Å². The number of aldehydes is 1. The van der Waals surface area contributed by atoms with Crippen molar-refractivity contribution in [1.82, 2.24) is 0 Å². The summed E-state index contributed by atoms with van der Waals surface area (Å²) in [5, 5.41) is 0. The molecule has 5 atom stereocenters. The predicted octanol–water partition coefficient (Wildman–Crippen LogP) is 3.41. The van der Waals surface area contributed by atoms with E-state index in [2.05, 4.69) is 10.8 Å². The molecule has 0 aromatic rings. The molecule has 0 amide bonds. The molecule has 0 radical (unpaired) electrons. The van der Waals surface area contributed by atoms with Gasteiger partial charge in [-0.3, -0.25) is 4.79 Å². The van der Waals surface area contributed by atoms with Crippen LogP contribution in [0.3, 0.4) is 0 Å². The fourth-order valence-electron chi connectivity index (χ4n) is 4.65. The number of esters is 1. The molecule has 1 aliphatic heterocycles. The first-order valence-electron chi connectivity index (χ1n) is 9.68. The van der Waals surface area contributed by atoms with E-state index in [1.165, 1.54) is 12.7 Å². The topological polar surface area (TPSA) is 61.8 Å². The van der Waals surface area contributed by atoms with Crippen molar-refractivity contribution in [2.24, 2.45) is 17.8 Å². The van der Waals surface area contributed by atoms with Gasteiger partial charge in [-0.05, 0) is 63.2 Å². The number of methoxy groups -OCH3 is 1. The van der Waals surface area contributed by atoms with Crippen LogP contribution in [0.25, 0.3) is 0 Å². The second-order valence-corrected chi connectivity index (χ2v) is 7.58. The summed E-state index contributed by atoms with van der Waals surface area (Å²) in [5.41, 5.74) is 1.44. The molecule has 140 valence electrons. The van der Waals surface area contributed by atoms with Crippen LogP contribution in [0, 0.1) is 17.8 Å². The zero-order valence-corrected chi connectivity index (χ0v) is 15.2. The lowest BCUT2D eigenvalue weighted by atomic mass is 9.92. The van der Waals surface area contributed by atoms with E-state index in [9.17, 15) is 9.59 Å². The van der Waals surface area contributed by atoms with Gasteiger partial charge in [0.25, 0.3) is 0 Å². The highest BCUT2D eigenvalue weighted by atomic mass is 16.7. The number of ether oxygens (including phenoxy) is 3. The average Bonchev–Trinajstić information content (AvgIpc) is 3.16. The largest absolute Gasteiger partial charge is 0.469 e. The summed E-state index contributed by atoms with van der Waals surface area (Å²) in [6, 6.07) is 0. The monoisotopic (exact) mass is 350 g/mol. The van der Waals surface area contributed by atoms with Crippen molar-refractivity contribution in [3.63, 3.8) is 0 Å². The van der Waals surface area contributed by atoms with E-state index in [0.717, 1.165) is 64.3 Å². The maximum atomic E-state index is 11.7. The molecule has 3 aliphatic rings. The number of fused-ring (bicyclic) bond motifs is 1. The third kappa shape index (κ3) is 4.70. The fraction of sp³-hybridized carbons (Fsp3) is 0.800. The van der Waals surface area contributed by atoms with E-state index < -0.39 is 0 Å². The second kappa shape index (κ2) is 8.95. The maximum absolute atomic E-state index is 11.7. The zero-order chi connectivity index (χ0) is 17.6. The zero-order valence-electron chi connectivity index (χ0n) is 15.2. The third-order valence-corrected chi connectivity index (χ3v) is 5.95. The summed E-state index contributed by atoms with van der Waals surface area (Å²) in [7, 11) is 1.43. The Labute approximate surface area is 150 Å². The van der Waals surface area contributed by atoms with Crippen LogP contribution in [0.1, 0.15) is 57.8 Å². The van der Waals surface area contributed by atoms with Gasteiger partial charge in [0.1, 0.15) is 6.29 Å². The molecule has 0 aromatic carbocycles. The summed E-state index contributed by atoms with van der Waals surface area (Å²) in [4.78, 5) is 22.8. The molecule has 0 N–H and O–H groups in total. The Hall–Kier alpha value is -1.20. The van der Waals surface area contributed by atoms with E-state index in [1.54, 1.807) is 0 Å².